The number of methoxy groups -OCH3 is 2. The molecule has 1 aliphatic rings. The second kappa shape index (κ2) is 12.2. The van der Waals surface area contributed by atoms with Gasteiger partial charge in [0, 0.05) is 31.2 Å². The number of ether oxygens (including phenoxy) is 2. The molecule has 0 bridgehead atoms. The van der Waals surface area contributed by atoms with E-state index in [2.05, 4.69) is 26.1 Å². The SMILES string of the molecule is COCCCNC(=O)CN1C(=O)CS[C@H](c2cccc(F)c2)c2c(C(C)(C)C)nn(-c3ccc(OC)cc3)c21. The van der Waals surface area contributed by atoms with Gasteiger partial charge in [0.05, 0.1) is 29.5 Å². The van der Waals surface area contributed by atoms with Gasteiger partial charge in [-0.15, -0.1) is 11.8 Å². The Kier molecular flexibility index (Phi) is 8.97. The molecule has 0 radical (unpaired) electrons. The molecule has 0 unspecified atom stereocenters. The van der Waals surface area contributed by atoms with Crippen molar-refractivity contribution in [2.75, 3.05) is 44.6 Å². The smallest absolute Gasteiger partial charge is 0.240 e. The first-order chi connectivity index (χ1) is 18.6. The van der Waals surface area contributed by atoms with Crippen LogP contribution in [0.4, 0.5) is 10.2 Å². The Morgan fingerprint density at radius 2 is 1.92 bits per heavy atom. The van der Waals surface area contributed by atoms with E-state index in [1.807, 2.05) is 30.3 Å². The van der Waals surface area contributed by atoms with Gasteiger partial charge in [-0.05, 0) is 48.4 Å². The zero-order chi connectivity index (χ0) is 28.2. The number of aromatic nitrogens is 2. The van der Waals surface area contributed by atoms with Gasteiger partial charge in [0.15, 0.2) is 0 Å². The summed E-state index contributed by atoms with van der Waals surface area (Å²) in [7, 11) is 3.21. The van der Waals surface area contributed by atoms with Crippen molar-refractivity contribution < 1.29 is 23.5 Å². The Bertz CT molecular complexity index is 1320. The maximum Gasteiger partial charge on any atom is 0.240 e. The van der Waals surface area contributed by atoms with Crippen LogP contribution < -0.4 is 15.0 Å². The number of rotatable bonds is 9. The minimum Gasteiger partial charge on any atom is -0.497 e. The molecular formula is C29H35FN4O4S. The van der Waals surface area contributed by atoms with E-state index in [1.54, 1.807) is 25.0 Å². The maximum absolute atomic E-state index is 14.4. The molecule has 2 heterocycles. The molecule has 0 fully saturated rings. The highest BCUT2D eigenvalue weighted by Gasteiger charge is 2.40. The van der Waals surface area contributed by atoms with Crippen molar-refractivity contribution in [3.8, 4) is 11.4 Å². The van der Waals surface area contributed by atoms with E-state index in [9.17, 15) is 14.0 Å². The molecule has 0 saturated carbocycles. The minimum absolute atomic E-state index is 0.124. The molecule has 10 heteroatoms. The third-order valence-corrected chi connectivity index (χ3v) is 7.67. The number of fused-ring (bicyclic) bond motifs is 1. The molecule has 2 amide bonds. The Hall–Kier alpha value is -3.37. The van der Waals surface area contributed by atoms with Crippen LogP contribution in [-0.4, -0.2) is 61.3 Å². The maximum atomic E-state index is 14.4. The highest BCUT2D eigenvalue weighted by atomic mass is 32.2. The summed E-state index contributed by atoms with van der Waals surface area (Å²) < 4.78 is 26.5. The summed E-state index contributed by atoms with van der Waals surface area (Å²) >= 11 is 1.42. The average molecular weight is 555 g/mol. The van der Waals surface area contributed by atoms with Crippen LogP contribution in [0.2, 0.25) is 0 Å². The van der Waals surface area contributed by atoms with E-state index >= 15 is 0 Å². The summed E-state index contributed by atoms with van der Waals surface area (Å²) in [4.78, 5) is 28.2. The van der Waals surface area contributed by atoms with Gasteiger partial charge in [0.1, 0.15) is 23.9 Å². The van der Waals surface area contributed by atoms with Crippen LogP contribution in [0, 0.1) is 5.82 Å². The number of benzene rings is 2. The third-order valence-electron chi connectivity index (χ3n) is 6.42. The van der Waals surface area contributed by atoms with Gasteiger partial charge >= 0.3 is 0 Å². The van der Waals surface area contributed by atoms with Gasteiger partial charge < -0.3 is 14.8 Å². The molecule has 0 saturated heterocycles. The molecule has 39 heavy (non-hydrogen) atoms. The fraction of sp³-hybridized carbons (Fsp3) is 0.414. The standard InChI is InChI=1S/C29H35FN4O4S/c1-29(2,3)27-25-26(19-8-6-9-20(30)16-19)39-18-24(36)33(17-23(35)31-14-7-15-37-4)28(25)34(32-27)21-10-12-22(38-5)13-11-21/h6,8-13,16,26H,7,14-15,17-18H2,1-5H3,(H,31,35)/t26-/m1/s1. The van der Waals surface area contributed by atoms with Crippen molar-refractivity contribution >= 4 is 29.4 Å². The fourth-order valence-electron chi connectivity index (χ4n) is 4.55. The monoisotopic (exact) mass is 554 g/mol. The van der Waals surface area contributed by atoms with E-state index in [-0.39, 0.29) is 35.2 Å². The topological polar surface area (TPSA) is 85.7 Å². The Morgan fingerprint density at radius 3 is 2.56 bits per heavy atom. The first-order valence-electron chi connectivity index (χ1n) is 12.8. The largest absolute Gasteiger partial charge is 0.497 e. The average Bonchev–Trinajstić information content (AvgIpc) is 3.24. The van der Waals surface area contributed by atoms with Gasteiger partial charge in [-0.1, -0.05) is 32.9 Å². The molecule has 208 valence electrons. The molecule has 1 aromatic heterocycles. The summed E-state index contributed by atoms with van der Waals surface area (Å²) in [5.74, 6) is 0.476. The van der Waals surface area contributed by atoms with E-state index in [0.717, 1.165) is 16.8 Å². The Balaban J connectivity index is 1.90. The van der Waals surface area contributed by atoms with Gasteiger partial charge in [-0.3, -0.25) is 14.5 Å². The van der Waals surface area contributed by atoms with Crippen molar-refractivity contribution in [3.63, 3.8) is 0 Å². The van der Waals surface area contributed by atoms with E-state index < -0.39 is 5.41 Å². The number of thioether (sulfide) groups is 1. The minimum atomic E-state index is -0.407. The molecule has 8 nitrogen and oxygen atoms in total. The lowest BCUT2D eigenvalue weighted by Crippen LogP contribution is -2.42. The molecule has 2 aromatic carbocycles. The number of carbonyl (C=O) groups excluding carboxylic acids is 2. The first kappa shape index (κ1) is 28.6. The highest BCUT2D eigenvalue weighted by Crippen LogP contribution is 2.48. The van der Waals surface area contributed by atoms with Gasteiger partial charge in [0.2, 0.25) is 11.8 Å². The van der Waals surface area contributed by atoms with Crippen LogP contribution in [0.15, 0.2) is 48.5 Å². The van der Waals surface area contributed by atoms with E-state index in [0.29, 0.717) is 36.8 Å². The summed E-state index contributed by atoms with van der Waals surface area (Å²) in [6, 6.07) is 13.8. The van der Waals surface area contributed by atoms with E-state index in [1.165, 1.54) is 28.8 Å². The van der Waals surface area contributed by atoms with Gasteiger partial charge in [-0.2, -0.15) is 5.10 Å². The van der Waals surface area contributed by atoms with Crippen LogP contribution in [0.5, 0.6) is 5.75 Å². The summed E-state index contributed by atoms with van der Waals surface area (Å²) in [5, 5.41) is 7.55. The lowest BCUT2D eigenvalue weighted by molar-refractivity contribution is -0.122. The number of nitrogens with one attached hydrogen (secondary N) is 1. The molecule has 0 aliphatic carbocycles. The highest BCUT2D eigenvalue weighted by molar-refractivity contribution is 8.00. The summed E-state index contributed by atoms with van der Waals surface area (Å²) in [6.07, 6.45) is 0.664. The zero-order valence-electron chi connectivity index (χ0n) is 23.0. The molecule has 0 spiro atoms. The van der Waals surface area contributed by atoms with Crippen LogP contribution >= 0.6 is 11.8 Å². The number of amides is 2. The third kappa shape index (κ3) is 6.45. The number of halogens is 1. The number of hydrogen-bond acceptors (Lipinski definition) is 6. The molecule has 1 N–H and O–H groups in total. The number of hydrogen-bond donors (Lipinski definition) is 1. The number of anilines is 1. The quantitative estimate of drug-likeness (QED) is 0.388. The predicted molar refractivity (Wildman–Crippen MR) is 151 cm³/mol. The number of nitrogens with zero attached hydrogens (tertiary/aromatic N) is 3. The number of carbonyl (C=O) groups is 2. The fourth-order valence-corrected chi connectivity index (χ4v) is 5.74. The molecule has 4 rings (SSSR count). The predicted octanol–water partition coefficient (Wildman–Crippen LogP) is 4.64. The molecule has 3 aromatic rings. The van der Waals surface area contributed by atoms with Gasteiger partial charge in [-0.25, -0.2) is 9.07 Å². The Labute approximate surface area is 232 Å². The molecule has 1 aliphatic heterocycles. The van der Waals surface area contributed by atoms with Crippen LogP contribution in [-0.2, 0) is 19.7 Å². The normalized spacial score (nSPS) is 15.6. The summed E-state index contributed by atoms with van der Waals surface area (Å²) in [6.45, 7) is 6.97. The van der Waals surface area contributed by atoms with Crippen LogP contribution in [0.25, 0.3) is 5.69 Å². The summed E-state index contributed by atoms with van der Waals surface area (Å²) in [5.41, 5.74) is 2.61. The lowest BCUT2D eigenvalue weighted by atomic mass is 9.87. The van der Waals surface area contributed by atoms with Crippen LogP contribution in [0.1, 0.15) is 49.3 Å². The van der Waals surface area contributed by atoms with Crippen molar-refractivity contribution in [2.24, 2.45) is 0 Å². The van der Waals surface area contributed by atoms with Gasteiger partial charge in [0.25, 0.3) is 0 Å². The zero-order valence-corrected chi connectivity index (χ0v) is 23.8. The second-order valence-electron chi connectivity index (χ2n) is 10.4. The van der Waals surface area contributed by atoms with Crippen molar-refractivity contribution in [1.82, 2.24) is 15.1 Å². The first-order valence-corrected chi connectivity index (χ1v) is 13.9. The van der Waals surface area contributed by atoms with Crippen LogP contribution in [0.3, 0.4) is 0 Å². The van der Waals surface area contributed by atoms with E-state index in [4.69, 9.17) is 14.6 Å². The van der Waals surface area contributed by atoms with Crippen molar-refractivity contribution in [2.45, 2.75) is 37.9 Å². The second-order valence-corrected chi connectivity index (χ2v) is 11.5. The molecule has 1 atom stereocenters. The Morgan fingerprint density at radius 1 is 1.18 bits per heavy atom. The lowest BCUT2D eigenvalue weighted by Gasteiger charge is -2.24. The van der Waals surface area contributed by atoms with Crippen molar-refractivity contribution in [3.05, 3.63) is 71.2 Å². The van der Waals surface area contributed by atoms with Crippen molar-refractivity contribution in [1.29, 1.82) is 0 Å². The molecular weight excluding hydrogens is 519 g/mol.